The Bertz CT molecular complexity index is 2150. The van der Waals surface area contributed by atoms with Crippen LogP contribution in [0.2, 0.25) is 0 Å². The van der Waals surface area contributed by atoms with Crippen molar-refractivity contribution in [3.05, 3.63) is 146 Å². The lowest BCUT2D eigenvalue weighted by molar-refractivity contribution is 1.18. The number of aromatic nitrogens is 4. The van der Waals surface area contributed by atoms with E-state index in [1.54, 1.807) is 11.3 Å². The van der Waals surface area contributed by atoms with Crippen molar-refractivity contribution in [1.82, 2.24) is 19.9 Å². The van der Waals surface area contributed by atoms with E-state index in [2.05, 4.69) is 91.0 Å². The third-order valence-electron chi connectivity index (χ3n) is 7.53. The van der Waals surface area contributed by atoms with Gasteiger partial charge in [-0.3, -0.25) is 0 Å². The lowest BCUT2D eigenvalue weighted by Gasteiger charge is -2.10. The van der Waals surface area contributed by atoms with E-state index in [0.717, 1.165) is 66.3 Å². The summed E-state index contributed by atoms with van der Waals surface area (Å²) in [6.07, 6.45) is 0. The molecule has 0 bridgehead atoms. The minimum Gasteiger partial charge on any atom is -0.228 e. The molecule has 8 aromatic rings. The number of hydrogen-bond donors (Lipinski definition) is 0. The highest BCUT2D eigenvalue weighted by molar-refractivity contribution is 7.26. The van der Waals surface area contributed by atoms with Crippen LogP contribution in [0, 0.1) is 0 Å². The number of fused-ring (bicyclic) bond motifs is 3. The monoisotopic (exact) mass is 568 g/mol. The van der Waals surface area contributed by atoms with Crippen molar-refractivity contribution in [3.8, 4) is 56.5 Å². The van der Waals surface area contributed by atoms with E-state index in [0.29, 0.717) is 5.82 Å². The third-order valence-corrected chi connectivity index (χ3v) is 8.70. The number of benzene rings is 5. The van der Waals surface area contributed by atoms with Gasteiger partial charge in [-0.25, -0.2) is 19.9 Å². The van der Waals surface area contributed by atoms with Gasteiger partial charge >= 0.3 is 0 Å². The SMILES string of the molecule is c1ccc(-c2cc(-c3ccccc3)nc(-c3ccc(-c4nc(-c5ccccc5)nc5c4sc4ccccc45)cc3)n2)cc1. The largest absolute Gasteiger partial charge is 0.228 e. The molecule has 0 aliphatic carbocycles. The van der Waals surface area contributed by atoms with Crippen LogP contribution in [0.15, 0.2) is 146 Å². The molecule has 5 aromatic carbocycles. The van der Waals surface area contributed by atoms with Gasteiger partial charge in [-0.15, -0.1) is 11.3 Å². The van der Waals surface area contributed by atoms with Crippen molar-refractivity contribution in [1.29, 1.82) is 0 Å². The summed E-state index contributed by atoms with van der Waals surface area (Å²) < 4.78 is 2.29. The predicted octanol–water partition coefficient (Wildman–Crippen LogP) is 9.97. The molecule has 8 rings (SSSR count). The third kappa shape index (κ3) is 4.76. The van der Waals surface area contributed by atoms with Crippen LogP contribution in [-0.2, 0) is 0 Å². The summed E-state index contributed by atoms with van der Waals surface area (Å²) in [5.74, 6) is 1.41. The molecule has 0 saturated heterocycles. The summed E-state index contributed by atoms with van der Waals surface area (Å²) in [4.78, 5) is 20.2. The molecule has 0 spiro atoms. The molecule has 0 fully saturated rings. The van der Waals surface area contributed by atoms with Crippen LogP contribution in [0.25, 0.3) is 76.9 Å². The quantitative estimate of drug-likeness (QED) is 0.207. The summed E-state index contributed by atoms with van der Waals surface area (Å²) in [6.45, 7) is 0. The van der Waals surface area contributed by atoms with Gasteiger partial charge in [0, 0.05) is 37.9 Å². The number of thiophene rings is 1. The van der Waals surface area contributed by atoms with Crippen molar-refractivity contribution < 1.29 is 0 Å². The Morgan fingerprint density at radius 2 is 0.884 bits per heavy atom. The maximum absolute atomic E-state index is 5.11. The first kappa shape index (κ1) is 25.2. The van der Waals surface area contributed by atoms with Crippen LogP contribution in [0.3, 0.4) is 0 Å². The van der Waals surface area contributed by atoms with Crippen molar-refractivity contribution in [2.45, 2.75) is 0 Å². The molecule has 0 radical (unpaired) electrons. The fourth-order valence-electron chi connectivity index (χ4n) is 5.37. The second-order valence-corrected chi connectivity index (χ2v) is 11.4. The number of nitrogens with zero attached hydrogens (tertiary/aromatic N) is 4. The molecule has 43 heavy (non-hydrogen) atoms. The molecule has 5 heteroatoms. The van der Waals surface area contributed by atoms with Crippen LogP contribution in [-0.4, -0.2) is 19.9 Å². The molecular formula is C38H24N4S. The Kier molecular flexibility index (Phi) is 6.28. The molecular weight excluding hydrogens is 545 g/mol. The van der Waals surface area contributed by atoms with E-state index in [4.69, 9.17) is 19.9 Å². The first-order valence-corrected chi connectivity index (χ1v) is 15.0. The summed E-state index contributed by atoms with van der Waals surface area (Å²) >= 11 is 1.74. The summed E-state index contributed by atoms with van der Waals surface area (Å²) in [5.41, 5.74) is 8.79. The maximum Gasteiger partial charge on any atom is 0.160 e. The average molecular weight is 569 g/mol. The van der Waals surface area contributed by atoms with E-state index >= 15 is 0 Å². The first-order valence-electron chi connectivity index (χ1n) is 14.2. The Morgan fingerprint density at radius 1 is 0.395 bits per heavy atom. The highest BCUT2D eigenvalue weighted by Crippen LogP contribution is 2.39. The van der Waals surface area contributed by atoms with Gasteiger partial charge in [-0.1, -0.05) is 133 Å². The Labute approximate surface area is 253 Å². The zero-order valence-electron chi connectivity index (χ0n) is 23.1. The van der Waals surface area contributed by atoms with Crippen molar-refractivity contribution >= 4 is 31.6 Å². The van der Waals surface area contributed by atoms with E-state index in [1.807, 2.05) is 54.6 Å². The van der Waals surface area contributed by atoms with E-state index in [9.17, 15) is 0 Å². The Balaban J connectivity index is 1.27. The van der Waals surface area contributed by atoms with Gasteiger partial charge in [-0.2, -0.15) is 0 Å². The summed E-state index contributed by atoms with van der Waals surface area (Å²) in [6, 6.07) is 49.6. The van der Waals surface area contributed by atoms with Gasteiger partial charge in [0.2, 0.25) is 0 Å². The second kappa shape index (κ2) is 10.7. The maximum atomic E-state index is 5.11. The molecule has 4 nitrogen and oxygen atoms in total. The van der Waals surface area contributed by atoms with E-state index < -0.39 is 0 Å². The van der Waals surface area contributed by atoms with Crippen LogP contribution in [0.4, 0.5) is 0 Å². The van der Waals surface area contributed by atoms with Gasteiger partial charge in [0.25, 0.3) is 0 Å². The van der Waals surface area contributed by atoms with Crippen LogP contribution in [0.5, 0.6) is 0 Å². The molecule has 0 unspecified atom stereocenters. The van der Waals surface area contributed by atoms with Gasteiger partial charge < -0.3 is 0 Å². The molecule has 202 valence electrons. The van der Waals surface area contributed by atoms with Crippen LogP contribution in [0.1, 0.15) is 0 Å². The summed E-state index contributed by atoms with van der Waals surface area (Å²) in [7, 11) is 0. The minimum absolute atomic E-state index is 0.687. The molecule has 3 heterocycles. The topological polar surface area (TPSA) is 51.6 Å². The fraction of sp³-hybridized carbons (Fsp3) is 0. The minimum atomic E-state index is 0.687. The molecule has 0 N–H and O–H groups in total. The zero-order valence-corrected chi connectivity index (χ0v) is 23.9. The molecule has 0 atom stereocenters. The van der Waals surface area contributed by atoms with Crippen LogP contribution < -0.4 is 0 Å². The smallest absolute Gasteiger partial charge is 0.160 e. The molecule has 0 saturated carbocycles. The van der Waals surface area contributed by atoms with Crippen LogP contribution >= 0.6 is 11.3 Å². The normalized spacial score (nSPS) is 11.3. The zero-order chi connectivity index (χ0) is 28.6. The van der Waals surface area contributed by atoms with Gasteiger partial charge in [0.05, 0.1) is 27.3 Å². The van der Waals surface area contributed by atoms with Crippen molar-refractivity contribution in [3.63, 3.8) is 0 Å². The fourth-order valence-corrected chi connectivity index (χ4v) is 6.52. The molecule has 0 aliphatic heterocycles. The van der Waals surface area contributed by atoms with Gasteiger partial charge in [-0.05, 0) is 12.1 Å². The van der Waals surface area contributed by atoms with Crippen molar-refractivity contribution in [2.24, 2.45) is 0 Å². The lowest BCUT2D eigenvalue weighted by Crippen LogP contribution is -1.96. The molecule has 0 aliphatic rings. The second-order valence-electron chi connectivity index (χ2n) is 10.3. The van der Waals surface area contributed by atoms with Gasteiger partial charge in [0.1, 0.15) is 0 Å². The van der Waals surface area contributed by atoms with E-state index in [-0.39, 0.29) is 0 Å². The predicted molar refractivity (Wildman–Crippen MR) is 178 cm³/mol. The Morgan fingerprint density at radius 3 is 1.51 bits per heavy atom. The standard InChI is InChI=1S/C38H24N4S/c1-4-12-25(13-5-1)31-24-32(26-14-6-2-7-15-26)40-37(39-31)29-22-20-27(21-23-29)34-36-35(30-18-10-11-19-33(30)43-36)42-38(41-34)28-16-8-3-9-17-28/h1-24H. The number of rotatable bonds is 5. The first-order chi connectivity index (χ1) is 21.3. The highest BCUT2D eigenvalue weighted by atomic mass is 32.1. The van der Waals surface area contributed by atoms with Gasteiger partial charge in [0.15, 0.2) is 11.6 Å². The lowest BCUT2D eigenvalue weighted by atomic mass is 10.0. The number of hydrogen-bond acceptors (Lipinski definition) is 5. The Hall–Kier alpha value is -5.52. The summed E-state index contributed by atoms with van der Waals surface area (Å²) in [5, 5.41) is 1.15. The highest BCUT2D eigenvalue weighted by Gasteiger charge is 2.17. The van der Waals surface area contributed by atoms with Crippen molar-refractivity contribution in [2.75, 3.05) is 0 Å². The average Bonchev–Trinajstić information content (AvgIpc) is 3.48. The molecule has 0 amide bonds. The van der Waals surface area contributed by atoms with E-state index in [1.165, 1.54) is 4.70 Å². The molecule has 3 aromatic heterocycles.